The van der Waals surface area contributed by atoms with Crippen molar-refractivity contribution in [2.75, 3.05) is 13.2 Å². The lowest BCUT2D eigenvalue weighted by Crippen LogP contribution is -2.61. The second kappa shape index (κ2) is 46.9. The average molecular weight is 984 g/mol. The van der Waals surface area contributed by atoms with E-state index in [1.807, 2.05) is 6.08 Å². The number of rotatable bonds is 45. The smallest absolute Gasteiger partial charge is 0.306 e. The quantitative estimate of drug-likeness (QED) is 0.0196. The van der Waals surface area contributed by atoms with Crippen LogP contribution < -0.4 is 5.32 Å². The van der Waals surface area contributed by atoms with Crippen molar-refractivity contribution in [1.29, 1.82) is 0 Å². The van der Waals surface area contributed by atoms with Crippen molar-refractivity contribution in [2.45, 2.75) is 262 Å². The molecule has 6 N–H and O–H groups in total. The van der Waals surface area contributed by atoms with Crippen LogP contribution in [-0.4, -0.2) is 99.6 Å². The average Bonchev–Trinajstić information content (AvgIpc) is 3.36. The van der Waals surface area contributed by atoms with Gasteiger partial charge < -0.3 is 45.1 Å². The van der Waals surface area contributed by atoms with Gasteiger partial charge in [-0.3, -0.25) is 9.59 Å². The van der Waals surface area contributed by atoms with E-state index in [9.17, 15) is 35.1 Å². The number of aliphatic hydroxyl groups is 5. The minimum Gasteiger partial charge on any atom is -0.454 e. The van der Waals surface area contributed by atoms with Crippen molar-refractivity contribution < 1.29 is 49.3 Å². The molecule has 0 aromatic carbocycles. The number of carbonyl (C=O) groups excluding carboxylic acids is 2. The molecule has 0 spiro atoms. The number of hydrogen-bond donors (Lipinski definition) is 6. The van der Waals surface area contributed by atoms with E-state index in [-0.39, 0.29) is 19.4 Å². The van der Waals surface area contributed by atoms with Crippen LogP contribution in [0.1, 0.15) is 213 Å². The van der Waals surface area contributed by atoms with Gasteiger partial charge in [-0.1, -0.05) is 202 Å². The number of carbonyl (C=O) groups is 2. The van der Waals surface area contributed by atoms with Crippen LogP contribution in [0, 0.1) is 0 Å². The zero-order valence-electron chi connectivity index (χ0n) is 44.1. The molecule has 402 valence electrons. The monoisotopic (exact) mass is 984 g/mol. The van der Waals surface area contributed by atoms with Crippen LogP contribution in [0.2, 0.25) is 0 Å². The lowest BCUT2D eigenvalue weighted by molar-refractivity contribution is -0.305. The van der Waals surface area contributed by atoms with Crippen molar-refractivity contribution in [3.8, 4) is 0 Å². The molecule has 1 amide bonds. The van der Waals surface area contributed by atoms with E-state index in [1.54, 1.807) is 6.08 Å². The number of ether oxygens (including phenoxy) is 3. The fourth-order valence-corrected chi connectivity index (χ4v) is 8.07. The van der Waals surface area contributed by atoms with Crippen LogP contribution in [0.25, 0.3) is 0 Å². The van der Waals surface area contributed by atoms with Crippen molar-refractivity contribution in [2.24, 2.45) is 0 Å². The van der Waals surface area contributed by atoms with E-state index in [1.165, 1.54) is 64.2 Å². The Balaban J connectivity index is 2.75. The standard InChI is InChI=1S/C59H101NO10/c1-4-7-10-13-16-19-22-24-25-26-27-28-29-30-32-35-38-41-44-47-54(64)70-57-56(66)55(65)53(48-61)69-59(57)68-49-50(51(62)45-42-39-36-34-31-23-20-17-14-11-8-5-2)60-58(67)52(63)46-43-40-37-33-21-18-15-12-9-6-3/h7,10,15-16,18-19,24-25,27-28,30,32,42,45,50-53,55-57,59,61-63,65-66H,4-6,8-9,11-14,17,20-23,26,29,31,33-41,43-44,46-49H2,1-3H3,(H,60,67)/b10-7-,18-15-,19-16-,25-24-,28-27-,32-30-,45-42+. The van der Waals surface area contributed by atoms with Crippen molar-refractivity contribution in [3.05, 3.63) is 85.1 Å². The molecule has 1 heterocycles. The fourth-order valence-electron chi connectivity index (χ4n) is 8.07. The summed E-state index contributed by atoms with van der Waals surface area (Å²) in [5.41, 5.74) is 0. The summed E-state index contributed by atoms with van der Waals surface area (Å²) in [5.74, 6) is -1.25. The van der Waals surface area contributed by atoms with Gasteiger partial charge in [0.15, 0.2) is 12.4 Å². The van der Waals surface area contributed by atoms with Gasteiger partial charge >= 0.3 is 5.97 Å². The summed E-state index contributed by atoms with van der Waals surface area (Å²) < 4.78 is 17.5. The summed E-state index contributed by atoms with van der Waals surface area (Å²) in [6, 6.07) is -1.04. The Morgan fingerprint density at radius 2 is 1.04 bits per heavy atom. The minimum atomic E-state index is -1.63. The summed E-state index contributed by atoms with van der Waals surface area (Å²) in [6.07, 6.45) is 49.2. The van der Waals surface area contributed by atoms with Crippen LogP contribution in [0.3, 0.4) is 0 Å². The maximum Gasteiger partial charge on any atom is 0.306 e. The third kappa shape index (κ3) is 35.0. The summed E-state index contributed by atoms with van der Waals surface area (Å²) in [7, 11) is 0. The lowest BCUT2D eigenvalue weighted by atomic mass is 9.99. The van der Waals surface area contributed by atoms with Crippen molar-refractivity contribution >= 4 is 11.9 Å². The van der Waals surface area contributed by atoms with Gasteiger partial charge in [-0.25, -0.2) is 0 Å². The first-order chi connectivity index (χ1) is 34.2. The maximum absolute atomic E-state index is 13.3. The highest BCUT2D eigenvalue weighted by Gasteiger charge is 2.47. The number of nitrogens with one attached hydrogen (secondary N) is 1. The molecule has 1 fully saturated rings. The molecular weight excluding hydrogens is 883 g/mol. The first-order valence-corrected chi connectivity index (χ1v) is 27.9. The number of allylic oxidation sites excluding steroid dienone is 13. The molecule has 0 aliphatic carbocycles. The summed E-state index contributed by atoms with van der Waals surface area (Å²) >= 11 is 0. The molecule has 1 saturated heterocycles. The molecule has 1 aliphatic heterocycles. The van der Waals surface area contributed by atoms with E-state index in [0.29, 0.717) is 12.8 Å². The Labute approximate surface area is 425 Å². The van der Waals surface area contributed by atoms with Gasteiger partial charge in [0.25, 0.3) is 0 Å². The zero-order chi connectivity index (χ0) is 51.1. The Hall–Kier alpha value is -3.16. The molecule has 70 heavy (non-hydrogen) atoms. The molecule has 0 aromatic heterocycles. The lowest BCUT2D eigenvalue weighted by Gasteiger charge is -2.41. The summed E-state index contributed by atoms with van der Waals surface area (Å²) in [5, 5.41) is 56.6. The topological polar surface area (TPSA) is 175 Å². The fraction of sp³-hybridized carbons (Fsp3) is 0.729. The SMILES string of the molecule is CC/C=C\C/C=C\C/C=C\C/C=C\C/C=C\CCCCCC(=O)OC1C(OCC(NC(=O)C(O)CCCCCC/C=C\CCCC)C(O)/C=C/CCCCCCCCCCCC)OC(CO)C(O)C1O. The maximum atomic E-state index is 13.3. The normalized spacial score (nSPS) is 20.4. The van der Waals surface area contributed by atoms with Crippen LogP contribution in [0.15, 0.2) is 85.1 Å². The number of hydrogen-bond acceptors (Lipinski definition) is 10. The van der Waals surface area contributed by atoms with E-state index in [0.717, 1.165) is 103 Å². The van der Waals surface area contributed by atoms with Gasteiger partial charge in [-0.15, -0.1) is 0 Å². The molecule has 0 aromatic rings. The first kappa shape index (κ1) is 64.9. The number of esters is 1. The number of amides is 1. The molecule has 8 atom stereocenters. The summed E-state index contributed by atoms with van der Waals surface area (Å²) in [4.78, 5) is 26.4. The highest BCUT2D eigenvalue weighted by atomic mass is 16.7. The highest BCUT2D eigenvalue weighted by Crippen LogP contribution is 2.26. The highest BCUT2D eigenvalue weighted by molar-refractivity contribution is 5.80. The zero-order valence-corrected chi connectivity index (χ0v) is 44.1. The van der Waals surface area contributed by atoms with Crippen molar-refractivity contribution in [3.63, 3.8) is 0 Å². The second-order valence-electron chi connectivity index (χ2n) is 18.9. The molecule has 1 rings (SSSR count). The first-order valence-electron chi connectivity index (χ1n) is 27.9. The van der Waals surface area contributed by atoms with Gasteiger partial charge in [0.05, 0.1) is 25.4 Å². The van der Waals surface area contributed by atoms with E-state index in [4.69, 9.17) is 14.2 Å². The molecular formula is C59H101NO10. The minimum absolute atomic E-state index is 0.0797. The predicted octanol–water partition coefficient (Wildman–Crippen LogP) is 12.2. The number of unbranched alkanes of at least 4 members (excludes halogenated alkanes) is 19. The van der Waals surface area contributed by atoms with E-state index >= 15 is 0 Å². The van der Waals surface area contributed by atoms with Crippen LogP contribution >= 0.6 is 0 Å². The van der Waals surface area contributed by atoms with Crippen LogP contribution in [-0.2, 0) is 23.8 Å². The third-order valence-electron chi connectivity index (χ3n) is 12.5. The Kier molecular flexibility index (Phi) is 43.4. The molecule has 0 saturated carbocycles. The van der Waals surface area contributed by atoms with E-state index in [2.05, 4.69) is 99.0 Å². The molecule has 0 radical (unpaired) electrons. The summed E-state index contributed by atoms with van der Waals surface area (Å²) in [6.45, 7) is 5.57. The third-order valence-corrected chi connectivity index (χ3v) is 12.5. The molecule has 1 aliphatic rings. The predicted molar refractivity (Wildman–Crippen MR) is 287 cm³/mol. The van der Waals surface area contributed by atoms with Gasteiger partial charge in [0.2, 0.25) is 5.91 Å². The van der Waals surface area contributed by atoms with E-state index < -0.39 is 67.4 Å². The molecule has 0 bridgehead atoms. The molecule has 11 heteroatoms. The number of aliphatic hydroxyl groups excluding tert-OH is 5. The Morgan fingerprint density at radius 1 is 0.571 bits per heavy atom. The van der Waals surface area contributed by atoms with Crippen molar-refractivity contribution in [1.82, 2.24) is 5.32 Å². The van der Waals surface area contributed by atoms with Crippen LogP contribution in [0.4, 0.5) is 0 Å². The van der Waals surface area contributed by atoms with Gasteiger partial charge in [-0.2, -0.15) is 0 Å². The van der Waals surface area contributed by atoms with Gasteiger partial charge in [-0.05, 0) is 89.9 Å². The second-order valence-corrected chi connectivity index (χ2v) is 18.9. The van der Waals surface area contributed by atoms with Gasteiger partial charge in [0.1, 0.15) is 24.4 Å². The largest absolute Gasteiger partial charge is 0.454 e. The van der Waals surface area contributed by atoms with Crippen LogP contribution in [0.5, 0.6) is 0 Å². The molecule has 11 nitrogen and oxygen atoms in total. The van der Waals surface area contributed by atoms with Gasteiger partial charge in [0, 0.05) is 6.42 Å². The Morgan fingerprint density at radius 3 is 1.60 bits per heavy atom. The molecule has 8 unspecified atom stereocenters. The Bertz CT molecular complexity index is 1460.